The fourth-order valence-electron chi connectivity index (χ4n) is 2.24. The Morgan fingerprint density at radius 1 is 1.04 bits per heavy atom. The van der Waals surface area contributed by atoms with Gasteiger partial charge in [-0.25, -0.2) is 8.42 Å². The molecule has 0 aliphatic rings. The number of rotatable bonds is 7. The maximum atomic E-state index is 12.3. The van der Waals surface area contributed by atoms with Crippen LogP contribution in [0.1, 0.15) is 21.5 Å². The molecule has 0 aliphatic heterocycles. The van der Waals surface area contributed by atoms with E-state index < -0.39 is 27.9 Å². The maximum Gasteiger partial charge on any atom is 0.323 e. The predicted octanol–water partition coefficient (Wildman–Crippen LogP) is 1.46. The Labute approximate surface area is 152 Å². The molecule has 0 heterocycles. The second-order valence-corrected chi connectivity index (χ2v) is 7.62. The topological polar surface area (TPSA) is 113 Å². The largest absolute Gasteiger partial charge is 0.480 e. The van der Waals surface area contributed by atoms with E-state index in [2.05, 4.69) is 10.0 Å². The summed E-state index contributed by atoms with van der Waals surface area (Å²) in [6.07, 6.45) is 0. The second kappa shape index (κ2) is 8.11. The van der Waals surface area contributed by atoms with Crippen molar-refractivity contribution in [3.8, 4) is 0 Å². The quantitative estimate of drug-likeness (QED) is 0.677. The van der Waals surface area contributed by atoms with Crippen LogP contribution in [0.3, 0.4) is 0 Å². The average Bonchev–Trinajstić information content (AvgIpc) is 2.58. The summed E-state index contributed by atoms with van der Waals surface area (Å²) in [5.74, 6) is -1.86. The number of carbonyl (C=O) groups excluding carboxylic acids is 1. The third-order valence-corrected chi connectivity index (χ3v) is 5.16. The smallest absolute Gasteiger partial charge is 0.323 e. The van der Waals surface area contributed by atoms with E-state index in [4.69, 9.17) is 0 Å². The molecule has 0 saturated carbocycles. The van der Waals surface area contributed by atoms with Crippen LogP contribution in [0, 0.1) is 13.8 Å². The molecule has 0 radical (unpaired) electrons. The lowest BCUT2D eigenvalue weighted by Crippen LogP contribution is -2.48. The Morgan fingerprint density at radius 2 is 1.69 bits per heavy atom. The second-order valence-electron chi connectivity index (χ2n) is 5.90. The molecular formula is C18H20N2O5S. The molecule has 3 N–H and O–H groups in total. The van der Waals surface area contributed by atoms with Gasteiger partial charge in [0.15, 0.2) is 0 Å². The summed E-state index contributed by atoms with van der Waals surface area (Å²) < 4.78 is 26.8. The minimum absolute atomic E-state index is 0.0423. The summed E-state index contributed by atoms with van der Waals surface area (Å²) in [5.41, 5.74) is 2.13. The summed E-state index contributed by atoms with van der Waals surface area (Å²) >= 11 is 0. The first-order valence-corrected chi connectivity index (χ1v) is 9.34. The van der Waals surface area contributed by atoms with Gasteiger partial charge in [0.25, 0.3) is 5.91 Å². The number of aliphatic carboxylic acids is 1. The van der Waals surface area contributed by atoms with Gasteiger partial charge in [-0.15, -0.1) is 0 Å². The fraction of sp³-hybridized carbons (Fsp3) is 0.222. The first-order chi connectivity index (χ1) is 12.2. The van der Waals surface area contributed by atoms with Crippen LogP contribution in [-0.2, 0) is 14.8 Å². The molecule has 2 aromatic carbocycles. The van der Waals surface area contributed by atoms with E-state index in [9.17, 15) is 23.1 Å². The molecule has 8 heteroatoms. The predicted molar refractivity (Wildman–Crippen MR) is 96.4 cm³/mol. The van der Waals surface area contributed by atoms with E-state index in [-0.39, 0.29) is 11.4 Å². The molecule has 0 spiro atoms. The highest BCUT2D eigenvalue weighted by Crippen LogP contribution is 2.10. The number of aryl methyl sites for hydroxylation is 2. The summed E-state index contributed by atoms with van der Waals surface area (Å²) in [7, 11) is -4.02. The Bertz CT molecular complexity index is 907. The highest BCUT2D eigenvalue weighted by atomic mass is 32.2. The van der Waals surface area contributed by atoms with Crippen LogP contribution >= 0.6 is 0 Å². The van der Waals surface area contributed by atoms with Crippen molar-refractivity contribution in [2.75, 3.05) is 6.54 Å². The number of sulfonamides is 1. The molecular weight excluding hydrogens is 356 g/mol. The molecule has 26 heavy (non-hydrogen) atoms. The van der Waals surface area contributed by atoms with Gasteiger partial charge in [0.1, 0.15) is 6.04 Å². The molecule has 2 aromatic rings. The van der Waals surface area contributed by atoms with Gasteiger partial charge in [-0.05, 0) is 38.1 Å². The van der Waals surface area contributed by atoms with Crippen LogP contribution in [0.25, 0.3) is 0 Å². The average molecular weight is 376 g/mol. The number of hydrogen-bond acceptors (Lipinski definition) is 4. The van der Waals surface area contributed by atoms with E-state index in [0.29, 0.717) is 5.56 Å². The Balaban J connectivity index is 2.08. The van der Waals surface area contributed by atoms with E-state index in [1.807, 2.05) is 19.9 Å². The summed E-state index contributed by atoms with van der Waals surface area (Å²) in [4.78, 5) is 23.5. The molecule has 7 nitrogen and oxygen atoms in total. The fourth-order valence-corrected chi connectivity index (χ4v) is 3.42. The van der Waals surface area contributed by atoms with E-state index in [0.717, 1.165) is 11.1 Å². The van der Waals surface area contributed by atoms with Gasteiger partial charge < -0.3 is 10.4 Å². The minimum Gasteiger partial charge on any atom is -0.480 e. The van der Waals surface area contributed by atoms with Crippen LogP contribution < -0.4 is 10.0 Å². The van der Waals surface area contributed by atoms with Crippen molar-refractivity contribution in [2.45, 2.75) is 24.8 Å². The van der Waals surface area contributed by atoms with Crippen LogP contribution in [0.5, 0.6) is 0 Å². The summed E-state index contributed by atoms with van der Waals surface area (Å²) in [6, 6.07) is 11.3. The van der Waals surface area contributed by atoms with E-state index in [1.54, 1.807) is 30.3 Å². The number of benzene rings is 2. The number of nitrogens with one attached hydrogen (secondary N) is 2. The molecule has 0 unspecified atom stereocenters. The monoisotopic (exact) mass is 376 g/mol. The molecule has 0 aromatic heterocycles. The third kappa shape index (κ3) is 5.14. The Kier molecular flexibility index (Phi) is 6.12. The van der Waals surface area contributed by atoms with Gasteiger partial charge in [-0.2, -0.15) is 4.72 Å². The Morgan fingerprint density at radius 3 is 2.27 bits per heavy atom. The number of amides is 1. The van der Waals surface area contributed by atoms with Crippen molar-refractivity contribution in [2.24, 2.45) is 0 Å². The Hall–Kier alpha value is -2.71. The van der Waals surface area contributed by atoms with Gasteiger partial charge in [0, 0.05) is 12.1 Å². The highest BCUT2D eigenvalue weighted by Gasteiger charge is 2.26. The highest BCUT2D eigenvalue weighted by molar-refractivity contribution is 7.89. The van der Waals surface area contributed by atoms with Gasteiger partial charge in [0.05, 0.1) is 4.90 Å². The lowest BCUT2D eigenvalue weighted by atomic mass is 10.1. The first-order valence-electron chi connectivity index (χ1n) is 7.86. The molecule has 0 saturated heterocycles. The zero-order valence-corrected chi connectivity index (χ0v) is 15.2. The lowest BCUT2D eigenvalue weighted by Gasteiger charge is -2.16. The number of carboxylic acid groups (broad SMARTS) is 1. The number of carboxylic acids is 1. The van der Waals surface area contributed by atoms with E-state index in [1.165, 1.54) is 12.1 Å². The zero-order valence-electron chi connectivity index (χ0n) is 14.4. The molecule has 0 bridgehead atoms. The van der Waals surface area contributed by atoms with Crippen molar-refractivity contribution >= 4 is 21.9 Å². The molecule has 2 rings (SSSR count). The van der Waals surface area contributed by atoms with E-state index >= 15 is 0 Å². The summed E-state index contributed by atoms with van der Waals surface area (Å²) in [6.45, 7) is 3.25. The van der Waals surface area contributed by atoms with Crippen molar-refractivity contribution in [3.63, 3.8) is 0 Å². The van der Waals surface area contributed by atoms with Crippen molar-refractivity contribution < 1.29 is 23.1 Å². The van der Waals surface area contributed by atoms with Gasteiger partial charge in [-0.1, -0.05) is 35.4 Å². The van der Waals surface area contributed by atoms with Gasteiger partial charge >= 0.3 is 5.97 Å². The first kappa shape index (κ1) is 19.6. The van der Waals surface area contributed by atoms with Crippen LogP contribution in [0.4, 0.5) is 0 Å². The van der Waals surface area contributed by atoms with Gasteiger partial charge in [-0.3, -0.25) is 9.59 Å². The molecule has 0 fully saturated rings. The number of hydrogen-bond donors (Lipinski definition) is 3. The number of carbonyl (C=O) groups is 2. The SMILES string of the molecule is Cc1ccc(S(=O)(=O)N[C@@H](CNC(=O)c2cccc(C)c2)C(=O)O)cc1. The molecule has 1 atom stereocenters. The molecule has 1 amide bonds. The maximum absolute atomic E-state index is 12.3. The minimum atomic E-state index is -4.02. The van der Waals surface area contributed by atoms with Crippen molar-refractivity contribution in [1.29, 1.82) is 0 Å². The normalized spacial score (nSPS) is 12.4. The standard InChI is InChI=1S/C18H20N2O5S/c1-12-6-8-15(9-7-12)26(24,25)20-16(18(22)23)11-19-17(21)14-5-3-4-13(2)10-14/h3-10,16,20H,11H2,1-2H3,(H,19,21)(H,22,23)/t16-/m0/s1. The van der Waals surface area contributed by atoms with Crippen LogP contribution in [-0.4, -0.2) is 38.0 Å². The van der Waals surface area contributed by atoms with Gasteiger partial charge in [0.2, 0.25) is 10.0 Å². The molecule has 0 aliphatic carbocycles. The lowest BCUT2D eigenvalue weighted by molar-refractivity contribution is -0.138. The van der Waals surface area contributed by atoms with Crippen LogP contribution in [0.15, 0.2) is 53.4 Å². The van der Waals surface area contributed by atoms with Crippen molar-refractivity contribution in [1.82, 2.24) is 10.0 Å². The van der Waals surface area contributed by atoms with Crippen LogP contribution in [0.2, 0.25) is 0 Å². The zero-order chi connectivity index (χ0) is 19.3. The van der Waals surface area contributed by atoms with Crippen molar-refractivity contribution in [3.05, 3.63) is 65.2 Å². The molecule has 138 valence electrons. The summed E-state index contributed by atoms with van der Waals surface area (Å²) in [5, 5.41) is 11.7. The third-order valence-electron chi connectivity index (χ3n) is 3.67.